The molecule has 3 heteroatoms. The van der Waals surface area contributed by atoms with Crippen molar-refractivity contribution in [2.45, 2.75) is 39.3 Å². The number of anilines is 1. The molecule has 1 saturated heterocycles. The van der Waals surface area contributed by atoms with E-state index >= 15 is 0 Å². The molecule has 1 aliphatic heterocycles. The lowest BCUT2D eigenvalue weighted by atomic mass is 10.1. The highest BCUT2D eigenvalue weighted by Crippen LogP contribution is 2.64. The Bertz CT molecular complexity index is 457. The van der Waals surface area contributed by atoms with E-state index in [1.165, 1.54) is 25.2 Å². The Hall–Kier alpha value is -0.880. The summed E-state index contributed by atoms with van der Waals surface area (Å²) in [5.41, 5.74) is 3.49. The zero-order chi connectivity index (χ0) is 14.0. The van der Waals surface area contributed by atoms with Gasteiger partial charge in [0.25, 0.3) is 5.91 Å². The molecule has 2 rings (SSSR count). The van der Waals surface area contributed by atoms with E-state index in [4.69, 9.17) is 0 Å². The Morgan fingerprint density at radius 1 is 1.21 bits per heavy atom. The number of benzene rings is 1. The first-order valence-corrected chi connectivity index (χ1v) is 9.83. The Kier molecular flexibility index (Phi) is 4.30. The van der Waals surface area contributed by atoms with Crippen LogP contribution in [0.15, 0.2) is 18.2 Å². The van der Waals surface area contributed by atoms with Crippen LogP contribution in [0, 0.1) is 13.8 Å². The number of nitrogens with one attached hydrogen (secondary N) is 1. The summed E-state index contributed by atoms with van der Waals surface area (Å²) in [4.78, 5) is 12.5. The van der Waals surface area contributed by atoms with Gasteiger partial charge >= 0.3 is 0 Å². The summed E-state index contributed by atoms with van der Waals surface area (Å²) in [5, 5.41) is 3.17. The molecule has 1 heterocycles. The second-order valence-corrected chi connectivity index (χ2v) is 10.7. The van der Waals surface area contributed by atoms with Gasteiger partial charge in [-0.2, -0.15) is 0 Å². The van der Waals surface area contributed by atoms with Crippen LogP contribution in [0.1, 0.15) is 30.9 Å². The van der Waals surface area contributed by atoms with Crippen LogP contribution in [0.25, 0.3) is 0 Å². The van der Waals surface area contributed by atoms with Crippen molar-refractivity contribution in [1.82, 2.24) is 0 Å². The molecule has 1 aromatic carbocycles. The van der Waals surface area contributed by atoms with Crippen LogP contribution in [0.2, 0.25) is 0 Å². The molecule has 0 bridgehead atoms. The molecule has 1 amide bonds. The standard InChI is InChI=1S/C16H24NOP/c1-12-8-7-9-13(2)15(12)17-16(18)14(3)19(4)10-5-6-11-19/h7-9,14H,5-6,10-11H2,1-4H3/p+1. The minimum Gasteiger partial charge on any atom is -0.322 e. The van der Waals surface area contributed by atoms with Gasteiger partial charge in [-0.05, 0) is 44.7 Å². The number of hydrogen-bond acceptors (Lipinski definition) is 1. The maximum atomic E-state index is 12.5. The number of amides is 1. The zero-order valence-electron chi connectivity index (χ0n) is 12.5. The molecule has 0 saturated carbocycles. The molecular weight excluding hydrogens is 253 g/mol. The molecule has 1 aliphatic rings. The van der Waals surface area contributed by atoms with Gasteiger partial charge in [0.15, 0.2) is 0 Å². The van der Waals surface area contributed by atoms with Crippen molar-refractivity contribution in [3.8, 4) is 0 Å². The van der Waals surface area contributed by atoms with Crippen molar-refractivity contribution >= 4 is 18.9 Å². The van der Waals surface area contributed by atoms with Crippen molar-refractivity contribution in [3.63, 3.8) is 0 Å². The van der Waals surface area contributed by atoms with E-state index in [-0.39, 0.29) is 11.6 Å². The number of carbonyl (C=O) groups excluding carboxylic acids is 1. The first-order chi connectivity index (χ1) is 8.94. The second kappa shape index (κ2) is 5.63. The van der Waals surface area contributed by atoms with Crippen molar-refractivity contribution < 1.29 is 4.79 Å². The summed E-state index contributed by atoms with van der Waals surface area (Å²) < 4.78 is 0. The van der Waals surface area contributed by atoms with Crippen LogP contribution in [-0.4, -0.2) is 30.6 Å². The quantitative estimate of drug-likeness (QED) is 0.830. The van der Waals surface area contributed by atoms with E-state index in [1.54, 1.807) is 0 Å². The van der Waals surface area contributed by atoms with Crippen molar-refractivity contribution in [3.05, 3.63) is 29.3 Å². The highest BCUT2D eigenvalue weighted by Gasteiger charge is 2.45. The van der Waals surface area contributed by atoms with Crippen molar-refractivity contribution in [2.75, 3.05) is 24.3 Å². The SMILES string of the molecule is Cc1cccc(C)c1NC(=O)C(C)[P+]1(C)CCCC1. The maximum Gasteiger partial charge on any atom is 0.264 e. The highest BCUT2D eigenvalue weighted by molar-refractivity contribution is 7.76. The highest BCUT2D eigenvalue weighted by atomic mass is 31.2. The third-order valence-corrected chi connectivity index (χ3v) is 9.41. The summed E-state index contributed by atoms with van der Waals surface area (Å²) in [6, 6.07) is 6.15. The Morgan fingerprint density at radius 3 is 2.26 bits per heavy atom. The van der Waals surface area contributed by atoms with Gasteiger partial charge in [0.2, 0.25) is 0 Å². The predicted octanol–water partition coefficient (Wildman–Crippen LogP) is 4.07. The van der Waals surface area contributed by atoms with Crippen LogP contribution in [0.3, 0.4) is 0 Å². The van der Waals surface area contributed by atoms with Gasteiger partial charge in [-0.3, -0.25) is 4.79 Å². The normalized spacial score (nSPS) is 19.2. The van der Waals surface area contributed by atoms with Gasteiger partial charge in [-0.15, -0.1) is 0 Å². The van der Waals surface area contributed by atoms with E-state index in [0.29, 0.717) is 0 Å². The maximum absolute atomic E-state index is 12.5. The number of carbonyl (C=O) groups is 1. The Morgan fingerprint density at radius 2 is 1.74 bits per heavy atom. The van der Waals surface area contributed by atoms with Crippen LogP contribution in [-0.2, 0) is 4.79 Å². The fourth-order valence-corrected chi connectivity index (χ4v) is 6.49. The van der Waals surface area contributed by atoms with Gasteiger partial charge in [0, 0.05) is 19.6 Å². The molecule has 1 fully saturated rings. The summed E-state index contributed by atoms with van der Waals surface area (Å²) in [6.45, 7) is 8.61. The minimum absolute atomic E-state index is 0.189. The summed E-state index contributed by atoms with van der Waals surface area (Å²) in [6.07, 6.45) is 5.19. The fraction of sp³-hybridized carbons (Fsp3) is 0.562. The van der Waals surface area contributed by atoms with Crippen LogP contribution < -0.4 is 5.32 Å². The third kappa shape index (κ3) is 3.00. The fourth-order valence-electron chi connectivity index (χ4n) is 2.97. The summed E-state index contributed by atoms with van der Waals surface area (Å²) >= 11 is 0. The molecule has 1 aromatic rings. The van der Waals surface area contributed by atoms with Gasteiger partial charge in [-0.1, -0.05) is 18.2 Å². The summed E-state index contributed by atoms with van der Waals surface area (Å²) in [5.74, 6) is 0.218. The Labute approximate surface area is 117 Å². The van der Waals surface area contributed by atoms with Gasteiger partial charge < -0.3 is 5.32 Å². The van der Waals surface area contributed by atoms with Crippen molar-refractivity contribution in [1.29, 1.82) is 0 Å². The number of aryl methyl sites for hydroxylation is 2. The number of rotatable bonds is 3. The summed E-state index contributed by atoms with van der Waals surface area (Å²) in [7, 11) is -1.05. The molecule has 0 aromatic heterocycles. The van der Waals surface area contributed by atoms with E-state index in [2.05, 4.69) is 44.9 Å². The van der Waals surface area contributed by atoms with Gasteiger partial charge in [-0.25, -0.2) is 0 Å². The van der Waals surface area contributed by atoms with Crippen LogP contribution in [0.5, 0.6) is 0 Å². The van der Waals surface area contributed by atoms with Gasteiger partial charge in [0.05, 0.1) is 12.3 Å². The molecule has 104 valence electrons. The lowest BCUT2D eigenvalue weighted by Gasteiger charge is -2.24. The first-order valence-electron chi connectivity index (χ1n) is 7.15. The molecule has 1 atom stereocenters. The average molecular weight is 278 g/mol. The van der Waals surface area contributed by atoms with E-state index < -0.39 is 7.26 Å². The smallest absolute Gasteiger partial charge is 0.264 e. The molecule has 0 spiro atoms. The van der Waals surface area contributed by atoms with Crippen LogP contribution in [0.4, 0.5) is 5.69 Å². The Balaban J connectivity index is 2.13. The lowest BCUT2D eigenvalue weighted by Crippen LogP contribution is -2.29. The molecule has 0 radical (unpaired) electrons. The zero-order valence-corrected chi connectivity index (χ0v) is 13.4. The minimum atomic E-state index is -1.05. The topological polar surface area (TPSA) is 29.1 Å². The largest absolute Gasteiger partial charge is 0.322 e. The third-order valence-electron chi connectivity index (χ3n) is 4.63. The van der Waals surface area contributed by atoms with Gasteiger partial charge in [0.1, 0.15) is 5.66 Å². The van der Waals surface area contributed by atoms with Crippen LogP contribution >= 0.6 is 7.26 Å². The molecule has 1 N–H and O–H groups in total. The first kappa shape index (κ1) is 14.5. The lowest BCUT2D eigenvalue weighted by molar-refractivity contribution is -0.115. The molecule has 1 unspecified atom stereocenters. The molecule has 0 aliphatic carbocycles. The van der Waals surface area contributed by atoms with E-state index in [9.17, 15) is 4.79 Å². The number of hydrogen-bond donors (Lipinski definition) is 1. The van der Waals surface area contributed by atoms with Crippen molar-refractivity contribution in [2.24, 2.45) is 0 Å². The average Bonchev–Trinajstić information content (AvgIpc) is 2.81. The molecular formula is C16H25NOP+. The predicted molar refractivity (Wildman–Crippen MR) is 85.8 cm³/mol. The number of para-hydroxylation sites is 1. The van der Waals surface area contributed by atoms with E-state index in [0.717, 1.165) is 16.8 Å². The molecule has 19 heavy (non-hydrogen) atoms. The second-order valence-electron chi connectivity index (χ2n) is 6.07. The van der Waals surface area contributed by atoms with E-state index in [1.807, 2.05) is 6.07 Å². The molecule has 2 nitrogen and oxygen atoms in total. The monoisotopic (exact) mass is 278 g/mol.